The van der Waals surface area contributed by atoms with Crippen LogP contribution in [0.3, 0.4) is 0 Å². The maximum Gasteiger partial charge on any atom is 0.373 e. The van der Waals surface area contributed by atoms with E-state index in [-0.39, 0.29) is 63.3 Å². The Hall–Kier alpha value is -3.52. The minimum atomic E-state index is -0.981. The molecule has 4 atom stereocenters. The highest BCUT2D eigenvalue weighted by atomic mass is 16.4. The molecule has 2 amide bonds. The van der Waals surface area contributed by atoms with E-state index in [1.807, 2.05) is 55.4 Å². The molecule has 0 aliphatic rings. The van der Waals surface area contributed by atoms with Crippen LogP contribution in [0.25, 0.3) is 0 Å². The predicted molar refractivity (Wildman–Crippen MR) is 220 cm³/mol. The van der Waals surface area contributed by atoms with Gasteiger partial charge in [0.2, 0.25) is 11.8 Å². The van der Waals surface area contributed by atoms with Crippen molar-refractivity contribution in [1.29, 1.82) is 0 Å². The molecule has 330 valence electrons. The molecule has 0 aliphatic heterocycles. The summed E-state index contributed by atoms with van der Waals surface area (Å²) in [6, 6.07) is -2.11. The smallest absolute Gasteiger partial charge is 0.373 e. The Morgan fingerprint density at radius 2 is 0.929 bits per heavy atom. The first-order valence-corrected chi connectivity index (χ1v) is 19.4. The van der Waals surface area contributed by atoms with Crippen molar-refractivity contribution in [2.75, 3.05) is 6.54 Å². The molecule has 0 unspecified atom stereocenters. The van der Waals surface area contributed by atoms with Crippen LogP contribution in [0.5, 0.6) is 0 Å². The molecule has 0 radical (unpaired) electrons. The van der Waals surface area contributed by atoms with Crippen LogP contribution in [-0.2, 0) is 38.4 Å². The topological polar surface area (TPSA) is 279 Å². The molecule has 0 aromatic heterocycles. The second-order valence-corrected chi connectivity index (χ2v) is 18.7. The highest BCUT2D eigenvalue weighted by Gasteiger charge is 2.26. The summed E-state index contributed by atoms with van der Waals surface area (Å²) in [6.07, 6.45) is 6.59. The van der Waals surface area contributed by atoms with Crippen LogP contribution in [0, 0.1) is 21.7 Å². The number of amides is 2. The van der Waals surface area contributed by atoms with E-state index in [1.165, 1.54) is 6.92 Å². The number of carboxylic acid groups (broad SMARTS) is 2. The van der Waals surface area contributed by atoms with Gasteiger partial charge in [0.05, 0.1) is 12.1 Å². The number of rotatable bonds is 17. The number of Topliss-reactive ketones (excluding diaryl/α,β-unsaturated/α-hetero) is 2. The van der Waals surface area contributed by atoms with Gasteiger partial charge in [0.25, 0.3) is 0 Å². The maximum atomic E-state index is 12.0. The number of ketones is 2. The Morgan fingerprint density at radius 3 is 1.21 bits per heavy atom. The highest BCUT2D eigenvalue weighted by Crippen LogP contribution is 2.23. The number of nitrogens with two attached hydrogens (primary N) is 3. The van der Waals surface area contributed by atoms with Gasteiger partial charge in [-0.3, -0.25) is 24.0 Å². The number of carboxylic acids is 2. The van der Waals surface area contributed by atoms with Gasteiger partial charge in [-0.05, 0) is 73.2 Å². The maximum absolute atomic E-state index is 12.0. The largest absolute Gasteiger partial charge is 0.480 e. The van der Waals surface area contributed by atoms with Crippen molar-refractivity contribution in [2.24, 2.45) is 38.9 Å². The van der Waals surface area contributed by atoms with Crippen molar-refractivity contribution in [3.8, 4) is 0 Å². The molecule has 0 saturated carbocycles. The zero-order valence-electron chi connectivity index (χ0n) is 37.5. The third-order valence-corrected chi connectivity index (χ3v) is 7.03. The van der Waals surface area contributed by atoms with E-state index < -0.39 is 24.0 Å². The second-order valence-electron chi connectivity index (χ2n) is 18.7. The van der Waals surface area contributed by atoms with Crippen LogP contribution in [0.15, 0.2) is 0 Å². The molecular formula is C41H81N5O10. The molecule has 0 aromatic carbocycles. The fourth-order valence-electron chi connectivity index (χ4n) is 4.82. The lowest BCUT2D eigenvalue weighted by atomic mass is 9.86. The minimum absolute atomic E-state index is 0.00218. The Bertz CT molecular complexity index is 1170. The van der Waals surface area contributed by atoms with Gasteiger partial charge in [0, 0.05) is 26.2 Å². The molecular weight excluding hydrogens is 722 g/mol. The Kier molecular flexibility index (Phi) is 34.8. The normalized spacial score (nSPS) is 13.2. The molecule has 0 aliphatic carbocycles. The summed E-state index contributed by atoms with van der Waals surface area (Å²) in [4.78, 5) is 82.8. The fourth-order valence-corrected chi connectivity index (χ4v) is 4.82. The monoisotopic (exact) mass is 804 g/mol. The number of nitrogens with one attached hydrogen (secondary N) is 2. The van der Waals surface area contributed by atoms with E-state index in [0.29, 0.717) is 51.5 Å². The van der Waals surface area contributed by atoms with Gasteiger partial charge in [-0.2, -0.15) is 9.59 Å². The number of hydrogen-bond donors (Lipinski definition) is 7. The predicted octanol–water partition coefficient (Wildman–Crippen LogP) is 5.40. The van der Waals surface area contributed by atoms with E-state index in [9.17, 15) is 28.8 Å². The summed E-state index contributed by atoms with van der Waals surface area (Å²) < 4.78 is 0. The van der Waals surface area contributed by atoms with Crippen molar-refractivity contribution >= 4 is 41.5 Å². The molecule has 0 fully saturated rings. The Labute approximate surface area is 337 Å². The van der Waals surface area contributed by atoms with Gasteiger partial charge in [0.1, 0.15) is 17.9 Å². The van der Waals surface area contributed by atoms with E-state index in [1.54, 1.807) is 0 Å². The molecule has 15 heteroatoms. The van der Waals surface area contributed by atoms with Gasteiger partial charge in [-0.15, -0.1) is 0 Å². The lowest BCUT2D eigenvalue weighted by Gasteiger charge is -2.26. The van der Waals surface area contributed by atoms with E-state index in [2.05, 4.69) is 52.2 Å². The van der Waals surface area contributed by atoms with Crippen LogP contribution >= 0.6 is 0 Å². The molecule has 0 aromatic rings. The van der Waals surface area contributed by atoms with Gasteiger partial charge in [0.15, 0.2) is 5.78 Å². The average molecular weight is 804 g/mol. The lowest BCUT2D eigenvalue weighted by Crippen LogP contribution is -2.43. The quantitative estimate of drug-likeness (QED) is 0.0972. The molecule has 0 saturated heterocycles. The summed E-state index contributed by atoms with van der Waals surface area (Å²) in [6.45, 7) is 30.0. The van der Waals surface area contributed by atoms with Gasteiger partial charge in [-0.1, -0.05) is 96.9 Å². The first-order valence-electron chi connectivity index (χ1n) is 19.4. The lowest BCUT2D eigenvalue weighted by molar-refractivity contribution is -0.191. The highest BCUT2D eigenvalue weighted by molar-refractivity contribution is 5.89. The van der Waals surface area contributed by atoms with Gasteiger partial charge >= 0.3 is 18.1 Å². The number of carbonyl (C=O) groups excluding carboxylic acids is 6. The van der Waals surface area contributed by atoms with Gasteiger partial charge < -0.3 is 38.0 Å². The number of hydrogen-bond acceptors (Lipinski definition) is 11. The molecule has 0 bridgehead atoms. The fraction of sp³-hybridized carbons (Fsp3) is 0.829. The number of carbonyl (C=O) groups is 6. The Balaban J connectivity index is -0.000000206. The van der Waals surface area contributed by atoms with Gasteiger partial charge in [-0.25, -0.2) is 4.79 Å². The zero-order chi connectivity index (χ0) is 45.7. The molecule has 15 nitrogen and oxygen atoms in total. The van der Waals surface area contributed by atoms with Crippen LogP contribution in [0.1, 0.15) is 168 Å². The molecule has 10 N–H and O–H groups in total. The minimum Gasteiger partial charge on any atom is -0.480 e. The summed E-state index contributed by atoms with van der Waals surface area (Å²) in [5, 5.41) is 22.4. The zero-order valence-corrected chi connectivity index (χ0v) is 37.5. The molecule has 56 heavy (non-hydrogen) atoms. The van der Waals surface area contributed by atoms with Crippen molar-refractivity contribution in [3.63, 3.8) is 0 Å². The SMILES string of the molecule is CC(=O)N[C@@H](CC(C)(C)C)C(=O)O.CC(C)(C)C[C@H](N)C(=O)O.CCCC(=O)[C@@H](N)CC(C)(C)C.CCCC(=O)[C@H](CC(C)(C)C)NC(=O)CCCN.O=C=O. The van der Waals surface area contributed by atoms with Crippen LogP contribution < -0.4 is 27.8 Å². The Morgan fingerprint density at radius 1 is 0.571 bits per heavy atom. The second kappa shape index (κ2) is 31.6. The first kappa shape index (κ1) is 61.7. The van der Waals surface area contributed by atoms with Crippen LogP contribution in [0.2, 0.25) is 0 Å². The first-order chi connectivity index (χ1) is 25.1. The van der Waals surface area contributed by atoms with E-state index in [0.717, 1.165) is 19.3 Å². The summed E-state index contributed by atoms with van der Waals surface area (Å²) in [5.41, 5.74) is 16.5. The van der Waals surface area contributed by atoms with E-state index >= 15 is 0 Å². The van der Waals surface area contributed by atoms with Crippen molar-refractivity contribution in [1.82, 2.24) is 10.6 Å². The molecule has 0 rings (SSSR count). The summed E-state index contributed by atoms with van der Waals surface area (Å²) in [7, 11) is 0. The molecule has 0 heterocycles. The third kappa shape index (κ3) is 48.5. The van der Waals surface area contributed by atoms with Crippen molar-refractivity contribution in [3.05, 3.63) is 0 Å². The average Bonchev–Trinajstić information content (AvgIpc) is 2.97. The standard InChI is InChI=1S/C14H28N2O2.C10H21NO.C9H17NO3.C7H15NO2.CO2/c1-5-7-12(17)11(10-14(2,3)4)16-13(18)8-6-9-15;1-5-6-9(12)8(11)7-10(2,3)4;1-6(11)10-7(8(12)13)5-9(2,3)4;1-7(2,3)4-5(8)6(9)10;2-1-3/h11H,5-10,15H2,1-4H3,(H,16,18);8H,5-7,11H2,1-4H3;7H,5H2,1-4H3,(H,10,11)(H,12,13);5H,4,8H2,1-3H3,(H,9,10);/t11-;8-;7-;5-;/m0000./s1. The summed E-state index contributed by atoms with van der Waals surface area (Å²) >= 11 is 0. The summed E-state index contributed by atoms with van der Waals surface area (Å²) in [5.74, 6) is -1.95. The number of aliphatic carboxylic acids is 2. The van der Waals surface area contributed by atoms with Crippen LogP contribution in [-0.4, -0.2) is 82.4 Å². The van der Waals surface area contributed by atoms with Crippen molar-refractivity contribution in [2.45, 2.75) is 192 Å². The van der Waals surface area contributed by atoms with Crippen molar-refractivity contribution < 1.29 is 48.6 Å². The molecule has 0 spiro atoms. The van der Waals surface area contributed by atoms with E-state index in [4.69, 9.17) is 37.0 Å². The van der Waals surface area contributed by atoms with Crippen LogP contribution in [0.4, 0.5) is 0 Å². The third-order valence-electron chi connectivity index (χ3n) is 7.03.